The van der Waals surface area contributed by atoms with Crippen molar-refractivity contribution in [3.63, 3.8) is 0 Å². The highest BCUT2D eigenvalue weighted by Gasteiger charge is 2.36. The quantitative estimate of drug-likeness (QED) is 0.369. The van der Waals surface area contributed by atoms with Crippen molar-refractivity contribution in [2.24, 2.45) is 0 Å². The second kappa shape index (κ2) is 4.54. The van der Waals surface area contributed by atoms with Crippen LogP contribution in [0.15, 0.2) is 0 Å². The lowest BCUT2D eigenvalue weighted by molar-refractivity contribution is -0.144. The minimum Gasteiger partial charge on any atom is -0.466 e. The predicted octanol–water partition coefficient (Wildman–Crippen LogP) is -0.982. The summed E-state index contributed by atoms with van der Waals surface area (Å²) >= 11 is 0. The van der Waals surface area contributed by atoms with Crippen LogP contribution in [0.4, 0.5) is 4.79 Å². The van der Waals surface area contributed by atoms with Gasteiger partial charge in [0.2, 0.25) is 0 Å². The first-order valence-corrected chi connectivity index (χ1v) is 4.38. The summed E-state index contributed by atoms with van der Waals surface area (Å²) in [5.74, 6) is -2.43. The zero-order chi connectivity index (χ0) is 11.4. The number of urea groups is 1. The molecule has 0 aromatic rings. The Morgan fingerprint density at radius 3 is 2.53 bits per heavy atom. The molecule has 1 heterocycles. The van der Waals surface area contributed by atoms with Gasteiger partial charge in [0.1, 0.15) is 0 Å². The number of nitrogens with one attached hydrogen (secondary N) is 1. The first kappa shape index (κ1) is 11.2. The molecule has 0 aromatic carbocycles. The van der Waals surface area contributed by atoms with E-state index >= 15 is 0 Å². The number of carbonyl (C=O) groups is 4. The molecule has 0 aliphatic carbocycles. The maximum Gasteiger partial charge on any atom is 0.331 e. The van der Waals surface area contributed by atoms with E-state index in [2.05, 4.69) is 4.74 Å². The molecule has 1 fully saturated rings. The van der Waals surface area contributed by atoms with Crippen molar-refractivity contribution >= 4 is 23.8 Å². The summed E-state index contributed by atoms with van der Waals surface area (Å²) in [7, 11) is 0. The highest BCUT2D eigenvalue weighted by molar-refractivity contribution is 6.44. The summed E-state index contributed by atoms with van der Waals surface area (Å²) in [4.78, 5) is 44.3. The Morgan fingerprint density at radius 2 is 2.07 bits per heavy atom. The van der Waals surface area contributed by atoms with Gasteiger partial charge >= 0.3 is 23.8 Å². The minimum atomic E-state index is -0.969. The lowest BCUT2D eigenvalue weighted by atomic mass is 10.4. The molecule has 1 aliphatic heterocycles. The number of carbonyl (C=O) groups excluding carboxylic acids is 4. The normalized spacial score (nSPS) is 15.5. The topological polar surface area (TPSA) is 92.8 Å². The second-order valence-corrected chi connectivity index (χ2v) is 2.77. The molecule has 0 unspecified atom stereocenters. The zero-order valence-electron chi connectivity index (χ0n) is 8.11. The van der Waals surface area contributed by atoms with E-state index in [1.54, 1.807) is 6.92 Å². The van der Waals surface area contributed by atoms with Crippen LogP contribution in [0.2, 0.25) is 0 Å². The van der Waals surface area contributed by atoms with E-state index in [4.69, 9.17) is 0 Å². The summed E-state index contributed by atoms with van der Waals surface area (Å²) in [5.41, 5.74) is 0. The van der Waals surface area contributed by atoms with Gasteiger partial charge < -0.3 is 4.74 Å². The highest BCUT2D eigenvalue weighted by Crippen LogP contribution is 2.02. The summed E-state index contributed by atoms with van der Waals surface area (Å²) in [6.07, 6.45) is -0.111. The molecular formula is C8H10N2O5. The molecule has 1 N–H and O–H groups in total. The first-order chi connectivity index (χ1) is 7.06. The fourth-order valence-corrected chi connectivity index (χ4v) is 1.07. The van der Waals surface area contributed by atoms with Crippen LogP contribution in [0.3, 0.4) is 0 Å². The maximum atomic E-state index is 11.0. The molecule has 7 nitrogen and oxygen atoms in total. The number of hydrogen-bond donors (Lipinski definition) is 1. The van der Waals surface area contributed by atoms with Crippen LogP contribution in [0, 0.1) is 0 Å². The third kappa shape index (κ3) is 2.52. The molecule has 0 spiro atoms. The van der Waals surface area contributed by atoms with Gasteiger partial charge in [-0.05, 0) is 6.92 Å². The Morgan fingerprint density at radius 1 is 1.40 bits per heavy atom. The second-order valence-electron chi connectivity index (χ2n) is 2.77. The summed E-state index contributed by atoms with van der Waals surface area (Å²) in [6, 6.07) is -0.797. The van der Waals surface area contributed by atoms with Crippen molar-refractivity contribution in [1.29, 1.82) is 0 Å². The zero-order valence-corrected chi connectivity index (χ0v) is 8.11. The highest BCUT2D eigenvalue weighted by atomic mass is 16.5. The summed E-state index contributed by atoms with van der Waals surface area (Å²) in [6.45, 7) is 1.74. The Balaban J connectivity index is 2.45. The fraction of sp³-hybridized carbons (Fsp3) is 0.500. The molecule has 0 saturated carbocycles. The van der Waals surface area contributed by atoms with Gasteiger partial charge in [0.05, 0.1) is 13.0 Å². The van der Waals surface area contributed by atoms with E-state index in [-0.39, 0.29) is 19.6 Å². The van der Waals surface area contributed by atoms with Gasteiger partial charge in [-0.1, -0.05) is 0 Å². The Labute approximate surface area is 85.4 Å². The van der Waals surface area contributed by atoms with Gasteiger partial charge in [-0.3, -0.25) is 24.6 Å². The summed E-state index contributed by atoms with van der Waals surface area (Å²) in [5, 5.41) is 1.82. The number of esters is 1. The molecule has 15 heavy (non-hydrogen) atoms. The van der Waals surface area contributed by atoms with Crippen LogP contribution in [-0.2, 0) is 19.1 Å². The standard InChI is InChI=1S/C8H10N2O5/c1-2-15-5(11)3-4-10-7(13)6(12)9-8(10)14/h2-4H2,1H3,(H,9,12,14). The van der Waals surface area contributed by atoms with Crippen molar-refractivity contribution in [1.82, 2.24) is 10.2 Å². The number of rotatable bonds is 4. The van der Waals surface area contributed by atoms with Crippen LogP contribution in [0.1, 0.15) is 13.3 Å². The Hall–Kier alpha value is -1.92. The van der Waals surface area contributed by atoms with Crippen molar-refractivity contribution < 1.29 is 23.9 Å². The van der Waals surface area contributed by atoms with Gasteiger partial charge in [0.15, 0.2) is 0 Å². The average Bonchev–Trinajstić information content (AvgIpc) is 2.40. The number of hydrogen-bond acceptors (Lipinski definition) is 5. The van der Waals surface area contributed by atoms with Gasteiger partial charge in [-0.2, -0.15) is 0 Å². The van der Waals surface area contributed by atoms with Gasteiger partial charge in [-0.25, -0.2) is 4.79 Å². The predicted molar refractivity (Wildman–Crippen MR) is 46.5 cm³/mol. The average molecular weight is 214 g/mol. The van der Waals surface area contributed by atoms with Crippen molar-refractivity contribution in [3.05, 3.63) is 0 Å². The molecule has 1 rings (SSSR count). The lowest BCUT2D eigenvalue weighted by Crippen LogP contribution is -2.33. The maximum absolute atomic E-state index is 11.0. The molecule has 0 radical (unpaired) electrons. The van der Waals surface area contributed by atoms with E-state index in [9.17, 15) is 19.2 Å². The number of ether oxygens (including phenoxy) is 1. The van der Waals surface area contributed by atoms with E-state index in [1.807, 2.05) is 5.32 Å². The van der Waals surface area contributed by atoms with E-state index in [1.165, 1.54) is 0 Å². The Bertz CT molecular complexity index is 325. The molecule has 0 atom stereocenters. The SMILES string of the molecule is CCOC(=O)CCN1C(=O)NC(=O)C1=O. The smallest absolute Gasteiger partial charge is 0.331 e. The van der Waals surface area contributed by atoms with Crippen molar-refractivity contribution in [2.45, 2.75) is 13.3 Å². The van der Waals surface area contributed by atoms with E-state index in [0.29, 0.717) is 4.90 Å². The van der Waals surface area contributed by atoms with Gasteiger partial charge in [0.25, 0.3) is 0 Å². The largest absolute Gasteiger partial charge is 0.466 e. The number of imide groups is 2. The molecule has 1 aliphatic rings. The third-order valence-electron chi connectivity index (χ3n) is 1.75. The van der Waals surface area contributed by atoms with Gasteiger partial charge in [-0.15, -0.1) is 0 Å². The van der Waals surface area contributed by atoms with Crippen LogP contribution >= 0.6 is 0 Å². The number of amides is 4. The molecule has 82 valence electrons. The minimum absolute atomic E-state index is 0.111. The van der Waals surface area contributed by atoms with E-state index < -0.39 is 23.8 Å². The first-order valence-electron chi connectivity index (χ1n) is 4.38. The van der Waals surface area contributed by atoms with Crippen LogP contribution < -0.4 is 5.32 Å². The van der Waals surface area contributed by atoms with Gasteiger partial charge in [0, 0.05) is 6.54 Å². The molecule has 0 bridgehead atoms. The molecule has 4 amide bonds. The monoisotopic (exact) mass is 214 g/mol. The van der Waals surface area contributed by atoms with Crippen molar-refractivity contribution in [2.75, 3.05) is 13.2 Å². The lowest BCUT2D eigenvalue weighted by Gasteiger charge is -2.09. The molecule has 7 heteroatoms. The number of nitrogens with zero attached hydrogens (tertiary/aromatic N) is 1. The fourth-order valence-electron chi connectivity index (χ4n) is 1.07. The van der Waals surface area contributed by atoms with Crippen molar-refractivity contribution in [3.8, 4) is 0 Å². The summed E-state index contributed by atoms with van der Waals surface area (Å²) < 4.78 is 4.61. The van der Waals surface area contributed by atoms with Crippen LogP contribution in [0.5, 0.6) is 0 Å². The molecular weight excluding hydrogens is 204 g/mol. The molecule has 1 saturated heterocycles. The Kier molecular flexibility index (Phi) is 3.37. The van der Waals surface area contributed by atoms with E-state index in [0.717, 1.165) is 0 Å². The van der Waals surface area contributed by atoms with Crippen LogP contribution in [0.25, 0.3) is 0 Å². The molecule has 0 aromatic heterocycles. The van der Waals surface area contributed by atoms with Crippen LogP contribution in [-0.4, -0.2) is 41.9 Å². The third-order valence-corrected chi connectivity index (χ3v) is 1.75.